The molecular weight excluding hydrogens is 316 g/mol. The minimum Gasteiger partial charge on any atom is -0.360 e. The summed E-state index contributed by atoms with van der Waals surface area (Å²) in [6.45, 7) is 5.66. The molecule has 9 heteroatoms. The van der Waals surface area contributed by atoms with Crippen molar-refractivity contribution >= 4 is 46.6 Å². The van der Waals surface area contributed by atoms with E-state index in [-0.39, 0.29) is 11.2 Å². The van der Waals surface area contributed by atoms with Crippen molar-refractivity contribution in [2.24, 2.45) is 0 Å². The first-order chi connectivity index (χ1) is 9.58. The number of thioether (sulfide) groups is 2. The van der Waals surface area contributed by atoms with Crippen molar-refractivity contribution in [3.05, 3.63) is 11.8 Å². The number of amides is 1. The molecular formula is C11H14N4O2S3. The average Bonchev–Trinajstić information content (AvgIpc) is 2.99. The highest BCUT2D eigenvalue weighted by Crippen LogP contribution is 2.31. The van der Waals surface area contributed by atoms with E-state index in [1.807, 2.05) is 6.92 Å². The number of carbonyl (C=O) groups is 1. The number of hydrogen-bond acceptors (Lipinski definition) is 8. The standard InChI is InChI=1S/C11H14N4O2S3/c1-4-18-10-13-14-11(20-10)19-7(3)9(16)12-8-5-6(2)17-15-8/h5,7H,4H2,1-3H3,(H,12,15,16)/t7-/m1/s1. The highest BCUT2D eigenvalue weighted by atomic mass is 32.2. The Kier molecular flexibility index (Phi) is 5.44. The number of rotatable bonds is 6. The molecule has 20 heavy (non-hydrogen) atoms. The van der Waals surface area contributed by atoms with Gasteiger partial charge in [0.2, 0.25) is 5.91 Å². The Morgan fingerprint density at radius 2 is 2.25 bits per heavy atom. The minimum absolute atomic E-state index is 0.136. The van der Waals surface area contributed by atoms with E-state index in [0.29, 0.717) is 11.6 Å². The van der Waals surface area contributed by atoms with Crippen molar-refractivity contribution in [2.75, 3.05) is 11.1 Å². The molecule has 0 saturated heterocycles. The topological polar surface area (TPSA) is 80.9 Å². The van der Waals surface area contributed by atoms with Gasteiger partial charge < -0.3 is 9.84 Å². The second-order valence-corrected chi connectivity index (χ2v) is 7.92. The predicted molar refractivity (Wildman–Crippen MR) is 81.5 cm³/mol. The van der Waals surface area contributed by atoms with Crippen LogP contribution in [0.2, 0.25) is 0 Å². The van der Waals surface area contributed by atoms with Crippen molar-refractivity contribution in [2.45, 2.75) is 34.7 Å². The van der Waals surface area contributed by atoms with Gasteiger partial charge in [-0.2, -0.15) is 0 Å². The molecule has 0 aromatic carbocycles. The first-order valence-electron chi connectivity index (χ1n) is 5.95. The van der Waals surface area contributed by atoms with Gasteiger partial charge in [-0.3, -0.25) is 4.79 Å². The van der Waals surface area contributed by atoms with Crippen molar-refractivity contribution < 1.29 is 9.32 Å². The van der Waals surface area contributed by atoms with E-state index in [0.717, 1.165) is 14.4 Å². The molecule has 0 bridgehead atoms. The van der Waals surface area contributed by atoms with Crippen LogP contribution in [0.3, 0.4) is 0 Å². The van der Waals surface area contributed by atoms with Gasteiger partial charge in [-0.25, -0.2) is 0 Å². The predicted octanol–water partition coefficient (Wildman–Crippen LogP) is 3.07. The fourth-order valence-corrected chi connectivity index (χ4v) is 4.35. The maximum absolute atomic E-state index is 12.0. The molecule has 0 radical (unpaired) electrons. The van der Waals surface area contributed by atoms with Crippen LogP contribution < -0.4 is 5.32 Å². The quantitative estimate of drug-likeness (QED) is 0.815. The largest absolute Gasteiger partial charge is 0.360 e. The molecule has 2 aromatic heterocycles. The summed E-state index contributed by atoms with van der Waals surface area (Å²) in [7, 11) is 0. The van der Waals surface area contributed by atoms with Crippen LogP contribution in [0.4, 0.5) is 5.82 Å². The van der Waals surface area contributed by atoms with Crippen LogP contribution in [0.25, 0.3) is 0 Å². The highest BCUT2D eigenvalue weighted by Gasteiger charge is 2.18. The maximum atomic E-state index is 12.0. The number of carbonyl (C=O) groups excluding carboxylic acids is 1. The van der Waals surface area contributed by atoms with E-state index in [2.05, 4.69) is 27.6 Å². The number of nitrogens with zero attached hydrogens (tertiary/aromatic N) is 3. The molecule has 0 fully saturated rings. The molecule has 0 unspecified atom stereocenters. The first kappa shape index (κ1) is 15.3. The Labute approximate surface area is 129 Å². The summed E-state index contributed by atoms with van der Waals surface area (Å²) < 4.78 is 6.62. The summed E-state index contributed by atoms with van der Waals surface area (Å²) in [6, 6.07) is 1.68. The second kappa shape index (κ2) is 7.09. The van der Waals surface area contributed by atoms with Gasteiger partial charge >= 0.3 is 0 Å². The molecule has 2 heterocycles. The number of nitrogens with one attached hydrogen (secondary N) is 1. The van der Waals surface area contributed by atoms with Gasteiger partial charge in [0.05, 0.1) is 5.25 Å². The molecule has 2 aromatic rings. The summed E-state index contributed by atoms with van der Waals surface area (Å²) in [5.74, 6) is 1.91. The summed E-state index contributed by atoms with van der Waals surface area (Å²) in [5.41, 5.74) is 0. The third-order valence-electron chi connectivity index (χ3n) is 2.18. The molecule has 1 atom stereocenters. The summed E-state index contributed by atoms with van der Waals surface area (Å²) in [4.78, 5) is 12.0. The molecule has 0 aliphatic heterocycles. The Morgan fingerprint density at radius 3 is 2.90 bits per heavy atom. The summed E-state index contributed by atoms with van der Waals surface area (Å²) >= 11 is 4.53. The number of aryl methyl sites for hydroxylation is 1. The molecule has 2 rings (SSSR count). The zero-order valence-electron chi connectivity index (χ0n) is 11.2. The van der Waals surface area contributed by atoms with Crippen molar-refractivity contribution in [3.8, 4) is 0 Å². The SMILES string of the molecule is CCSc1nnc(S[C@H](C)C(=O)Nc2cc(C)on2)s1. The lowest BCUT2D eigenvalue weighted by Crippen LogP contribution is -2.22. The average molecular weight is 330 g/mol. The zero-order valence-corrected chi connectivity index (χ0v) is 13.7. The van der Waals surface area contributed by atoms with Crippen molar-refractivity contribution in [1.29, 1.82) is 0 Å². The third-order valence-corrected chi connectivity index (χ3v) is 5.30. The number of aromatic nitrogens is 3. The van der Waals surface area contributed by atoms with Gasteiger partial charge in [0.25, 0.3) is 0 Å². The van der Waals surface area contributed by atoms with E-state index in [4.69, 9.17) is 4.52 Å². The minimum atomic E-state index is -0.278. The normalized spacial score (nSPS) is 12.3. The Balaban J connectivity index is 1.89. The molecule has 108 valence electrons. The smallest absolute Gasteiger partial charge is 0.238 e. The van der Waals surface area contributed by atoms with Crippen LogP contribution in [0.15, 0.2) is 19.3 Å². The van der Waals surface area contributed by atoms with Crippen LogP contribution in [0.1, 0.15) is 19.6 Å². The molecule has 0 aliphatic rings. The number of hydrogen-bond donors (Lipinski definition) is 1. The molecule has 1 N–H and O–H groups in total. The molecule has 0 aliphatic carbocycles. The van der Waals surface area contributed by atoms with Crippen LogP contribution >= 0.6 is 34.9 Å². The third kappa shape index (κ3) is 4.22. The van der Waals surface area contributed by atoms with Gasteiger partial charge in [0, 0.05) is 6.07 Å². The molecule has 0 spiro atoms. The van der Waals surface area contributed by atoms with E-state index in [1.165, 1.54) is 23.1 Å². The Morgan fingerprint density at radius 1 is 1.50 bits per heavy atom. The second-order valence-electron chi connectivity index (χ2n) is 3.84. The van der Waals surface area contributed by atoms with E-state index >= 15 is 0 Å². The van der Waals surface area contributed by atoms with Crippen LogP contribution in [-0.2, 0) is 4.79 Å². The monoisotopic (exact) mass is 330 g/mol. The van der Waals surface area contributed by atoms with Crippen LogP contribution in [0.5, 0.6) is 0 Å². The van der Waals surface area contributed by atoms with Gasteiger partial charge in [0.15, 0.2) is 14.5 Å². The van der Waals surface area contributed by atoms with Crippen molar-refractivity contribution in [1.82, 2.24) is 15.4 Å². The van der Waals surface area contributed by atoms with Crippen LogP contribution in [-0.4, -0.2) is 32.3 Å². The maximum Gasteiger partial charge on any atom is 0.238 e. The van der Waals surface area contributed by atoms with Gasteiger partial charge in [-0.05, 0) is 19.6 Å². The van der Waals surface area contributed by atoms with Gasteiger partial charge in [-0.1, -0.05) is 46.9 Å². The van der Waals surface area contributed by atoms with E-state index in [9.17, 15) is 4.79 Å². The Hall–Kier alpha value is -1.06. The number of anilines is 1. The lowest BCUT2D eigenvalue weighted by Gasteiger charge is -2.07. The van der Waals surface area contributed by atoms with Gasteiger partial charge in [0.1, 0.15) is 5.76 Å². The lowest BCUT2D eigenvalue weighted by molar-refractivity contribution is -0.115. The highest BCUT2D eigenvalue weighted by molar-refractivity contribution is 8.03. The van der Waals surface area contributed by atoms with E-state index < -0.39 is 0 Å². The van der Waals surface area contributed by atoms with Crippen LogP contribution in [0, 0.1) is 6.92 Å². The molecule has 0 saturated carbocycles. The lowest BCUT2D eigenvalue weighted by atomic mass is 10.4. The summed E-state index contributed by atoms with van der Waals surface area (Å²) in [6.07, 6.45) is 0. The summed E-state index contributed by atoms with van der Waals surface area (Å²) in [5, 5.41) is 14.3. The van der Waals surface area contributed by atoms with E-state index in [1.54, 1.807) is 24.8 Å². The fraction of sp³-hybridized carbons (Fsp3) is 0.455. The Bertz CT molecular complexity index is 584. The van der Waals surface area contributed by atoms with Gasteiger partial charge in [-0.15, -0.1) is 10.2 Å². The zero-order chi connectivity index (χ0) is 14.5. The van der Waals surface area contributed by atoms with Crippen molar-refractivity contribution in [3.63, 3.8) is 0 Å². The first-order valence-corrected chi connectivity index (χ1v) is 8.63. The molecule has 1 amide bonds. The molecule has 6 nitrogen and oxygen atoms in total. The fourth-order valence-electron chi connectivity index (χ4n) is 1.28.